The summed E-state index contributed by atoms with van der Waals surface area (Å²) in [5.74, 6) is -0.350. The van der Waals surface area contributed by atoms with Crippen molar-refractivity contribution in [2.45, 2.75) is 25.3 Å². The SMILES string of the molecule is CN(c1ccc(F)cc1C#N)C1CCC1. The summed E-state index contributed by atoms with van der Waals surface area (Å²) in [5, 5.41) is 8.92. The molecule has 0 N–H and O–H groups in total. The molecule has 15 heavy (non-hydrogen) atoms. The Bertz CT molecular complexity index is 405. The molecule has 1 aliphatic rings. The number of hydrogen-bond acceptors (Lipinski definition) is 2. The standard InChI is InChI=1S/C12H13FN2/c1-15(11-3-2-4-11)12-6-5-10(13)7-9(12)8-14/h5-7,11H,2-4H2,1H3. The first kappa shape index (κ1) is 9.97. The van der Waals surface area contributed by atoms with Crippen molar-refractivity contribution in [2.75, 3.05) is 11.9 Å². The van der Waals surface area contributed by atoms with Crippen LogP contribution in [-0.2, 0) is 0 Å². The lowest BCUT2D eigenvalue weighted by atomic mass is 9.91. The number of rotatable bonds is 2. The number of anilines is 1. The van der Waals surface area contributed by atoms with Crippen LogP contribution in [0.4, 0.5) is 10.1 Å². The van der Waals surface area contributed by atoms with Crippen molar-refractivity contribution in [1.82, 2.24) is 0 Å². The van der Waals surface area contributed by atoms with Crippen molar-refractivity contribution >= 4 is 5.69 Å². The van der Waals surface area contributed by atoms with E-state index in [1.807, 2.05) is 13.1 Å². The second kappa shape index (κ2) is 3.90. The van der Waals surface area contributed by atoms with E-state index in [0.29, 0.717) is 11.6 Å². The van der Waals surface area contributed by atoms with Crippen molar-refractivity contribution in [2.24, 2.45) is 0 Å². The minimum Gasteiger partial charge on any atom is -0.371 e. The number of nitriles is 1. The zero-order valence-electron chi connectivity index (χ0n) is 8.70. The average Bonchev–Trinajstić information content (AvgIpc) is 2.14. The highest BCUT2D eigenvalue weighted by Crippen LogP contribution is 2.30. The van der Waals surface area contributed by atoms with Gasteiger partial charge in [0.1, 0.15) is 11.9 Å². The summed E-state index contributed by atoms with van der Waals surface area (Å²) in [5.41, 5.74) is 1.26. The third-order valence-electron chi connectivity index (χ3n) is 3.08. The van der Waals surface area contributed by atoms with Crippen molar-refractivity contribution < 1.29 is 4.39 Å². The van der Waals surface area contributed by atoms with E-state index >= 15 is 0 Å². The maximum atomic E-state index is 12.9. The average molecular weight is 204 g/mol. The van der Waals surface area contributed by atoms with Gasteiger partial charge in [-0.15, -0.1) is 0 Å². The molecule has 0 spiro atoms. The van der Waals surface area contributed by atoms with E-state index in [1.54, 1.807) is 6.07 Å². The minimum atomic E-state index is -0.350. The third kappa shape index (κ3) is 1.80. The van der Waals surface area contributed by atoms with Gasteiger partial charge in [-0.25, -0.2) is 4.39 Å². The van der Waals surface area contributed by atoms with E-state index in [1.165, 1.54) is 31.4 Å². The number of hydrogen-bond donors (Lipinski definition) is 0. The Morgan fingerprint density at radius 1 is 1.47 bits per heavy atom. The van der Waals surface area contributed by atoms with Crippen molar-refractivity contribution in [1.29, 1.82) is 5.26 Å². The lowest BCUT2D eigenvalue weighted by molar-refractivity contribution is 0.401. The zero-order valence-corrected chi connectivity index (χ0v) is 8.70. The van der Waals surface area contributed by atoms with Crippen molar-refractivity contribution in [3.63, 3.8) is 0 Å². The quantitative estimate of drug-likeness (QED) is 0.740. The minimum absolute atomic E-state index is 0.350. The lowest BCUT2D eigenvalue weighted by Gasteiger charge is -2.36. The fourth-order valence-corrected chi connectivity index (χ4v) is 1.88. The summed E-state index contributed by atoms with van der Waals surface area (Å²) in [7, 11) is 1.97. The lowest BCUT2D eigenvalue weighted by Crippen LogP contribution is -2.37. The van der Waals surface area contributed by atoms with E-state index < -0.39 is 0 Å². The molecule has 0 bridgehead atoms. The highest BCUT2D eigenvalue weighted by Gasteiger charge is 2.23. The highest BCUT2D eigenvalue weighted by atomic mass is 19.1. The molecular formula is C12H13FN2. The molecule has 2 rings (SSSR count). The van der Waals surface area contributed by atoms with Crippen LogP contribution in [0.1, 0.15) is 24.8 Å². The van der Waals surface area contributed by atoms with Crippen LogP contribution in [-0.4, -0.2) is 13.1 Å². The molecule has 1 aromatic rings. The molecule has 3 heteroatoms. The van der Waals surface area contributed by atoms with Crippen LogP contribution in [0.3, 0.4) is 0 Å². The first-order chi connectivity index (χ1) is 7.22. The molecule has 78 valence electrons. The zero-order chi connectivity index (χ0) is 10.8. The first-order valence-corrected chi connectivity index (χ1v) is 5.15. The highest BCUT2D eigenvalue weighted by molar-refractivity contribution is 5.59. The second-order valence-electron chi connectivity index (χ2n) is 3.97. The second-order valence-corrected chi connectivity index (χ2v) is 3.97. The van der Waals surface area contributed by atoms with E-state index in [4.69, 9.17) is 5.26 Å². The van der Waals surface area contributed by atoms with Gasteiger partial charge < -0.3 is 4.90 Å². The summed E-state index contributed by atoms with van der Waals surface area (Å²) < 4.78 is 12.9. The molecule has 2 nitrogen and oxygen atoms in total. The number of nitrogens with zero attached hydrogens (tertiary/aromatic N) is 2. The van der Waals surface area contributed by atoms with Crippen LogP contribution >= 0.6 is 0 Å². The summed E-state index contributed by atoms with van der Waals surface area (Å²) in [6, 6.07) is 6.95. The predicted octanol–water partition coefficient (Wildman–Crippen LogP) is 2.69. The molecule has 0 amide bonds. The van der Waals surface area contributed by atoms with Crippen LogP contribution in [0, 0.1) is 17.1 Å². The van der Waals surface area contributed by atoms with Crippen LogP contribution < -0.4 is 4.90 Å². The molecule has 0 atom stereocenters. The van der Waals surface area contributed by atoms with Gasteiger partial charge in [-0.3, -0.25) is 0 Å². The monoisotopic (exact) mass is 204 g/mol. The number of halogens is 1. The Balaban J connectivity index is 2.30. The Kier molecular flexibility index (Phi) is 2.59. The molecule has 0 aliphatic heterocycles. The maximum Gasteiger partial charge on any atom is 0.124 e. The Morgan fingerprint density at radius 3 is 2.73 bits per heavy atom. The van der Waals surface area contributed by atoms with Gasteiger partial charge in [0, 0.05) is 13.1 Å². The molecule has 1 aliphatic carbocycles. The molecule has 1 saturated carbocycles. The van der Waals surface area contributed by atoms with E-state index in [2.05, 4.69) is 4.90 Å². The topological polar surface area (TPSA) is 27.0 Å². The maximum absolute atomic E-state index is 12.9. The molecule has 0 unspecified atom stereocenters. The first-order valence-electron chi connectivity index (χ1n) is 5.15. The molecular weight excluding hydrogens is 191 g/mol. The van der Waals surface area contributed by atoms with Gasteiger partial charge in [0.25, 0.3) is 0 Å². The van der Waals surface area contributed by atoms with Gasteiger partial charge in [-0.2, -0.15) is 5.26 Å². The van der Waals surface area contributed by atoms with Gasteiger partial charge in [0.15, 0.2) is 0 Å². The van der Waals surface area contributed by atoms with Gasteiger partial charge in [0.2, 0.25) is 0 Å². The third-order valence-corrected chi connectivity index (χ3v) is 3.08. The molecule has 1 fully saturated rings. The summed E-state index contributed by atoms with van der Waals surface area (Å²) in [4.78, 5) is 2.08. The van der Waals surface area contributed by atoms with Gasteiger partial charge in [0.05, 0.1) is 11.3 Å². The number of benzene rings is 1. The molecule has 0 heterocycles. The Hall–Kier alpha value is -1.56. The van der Waals surface area contributed by atoms with Gasteiger partial charge in [-0.05, 0) is 37.5 Å². The smallest absolute Gasteiger partial charge is 0.124 e. The predicted molar refractivity (Wildman–Crippen MR) is 57.2 cm³/mol. The molecule has 0 saturated heterocycles. The van der Waals surface area contributed by atoms with Crippen molar-refractivity contribution in [3.8, 4) is 6.07 Å². The van der Waals surface area contributed by atoms with E-state index in [9.17, 15) is 4.39 Å². The normalized spacial score (nSPS) is 15.5. The van der Waals surface area contributed by atoms with Crippen LogP contribution in [0.15, 0.2) is 18.2 Å². The molecule has 0 aromatic heterocycles. The van der Waals surface area contributed by atoms with E-state index in [0.717, 1.165) is 5.69 Å². The summed E-state index contributed by atoms with van der Waals surface area (Å²) in [6.07, 6.45) is 3.58. The Labute approximate surface area is 88.9 Å². The van der Waals surface area contributed by atoms with Gasteiger partial charge in [-0.1, -0.05) is 0 Å². The molecule has 1 aromatic carbocycles. The van der Waals surface area contributed by atoms with Crippen LogP contribution in [0.2, 0.25) is 0 Å². The summed E-state index contributed by atoms with van der Waals surface area (Å²) in [6.45, 7) is 0. The fraction of sp³-hybridized carbons (Fsp3) is 0.417. The fourth-order valence-electron chi connectivity index (χ4n) is 1.88. The van der Waals surface area contributed by atoms with Crippen LogP contribution in [0.5, 0.6) is 0 Å². The molecule has 0 radical (unpaired) electrons. The van der Waals surface area contributed by atoms with E-state index in [-0.39, 0.29) is 5.82 Å². The van der Waals surface area contributed by atoms with Crippen molar-refractivity contribution in [3.05, 3.63) is 29.6 Å². The van der Waals surface area contributed by atoms with Crippen LogP contribution in [0.25, 0.3) is 0 Å². The summed E-state index contributed by atoms with van der Waals surface area (Å²) >= 11 is 0. The van der Waals surface area contributed by atoms with Gasteiger partial charge >= 0.3 is 0 Å². The Morgan fingerprint density at radius 2 is 2.20 bits per heavy atom. The largest absolute Gasteiger partial charge is 0.371 e.